The first-order valence-electron chi connectivity index (χ1n) is 3.89. The number of carbonyl (C=O) groups excluding carboxylic acids is 1. The average Bonchev–Trinajstić information content (AvgIpc) is 2.01. The number of halogens is 2. The van der Waals surface area contributed by atoms with E-state index in [0.29, 0.717) is 5.69 Å². The van der Waals surface area contributed by atoms with E-state index < -0.39 is 6.09 Å². The first kappa shape index (κ1) is 11.6. The highest BCUT2D eigenvalue weighted by atomic mass is 127. The van der Waals surface area contributed by atoms with Crippen molar-refractivity contribution in [1.29, 1.82) is 0 Å². The highest BCUT2D eigenvalue weighted by Gasteiger charge is 2.02. The minimum absolute atomic E-state index is 0.144. The Morgan fingerprint density at radius 3 is 2.86 bits per heavy atom. The number of amides is 1. The molecule has 0 bridgehead atoms. The van der Waals surface area contributed by atoms with Gasteiger partial charge in [-0.25, -0.2) is 4.79 Å². The van der Waals surface area contributed by atoms with E-state index in [4.69, 9.17) is 11.6 Å². The van der Waals surface area contributed by atoms with Crippen LogP contribution in [0.5, 0.6) is 0 Å². The Morgan fingerprint density at radius 1 is 1.57 bits per heavy atom. The molecule has 1 amide bonds. The van der Waals surface area contributed by atoms with Gasteiger partial charge in [0, 0.05) is 9.26 Å². The van der Waals surface area contributed by atoms with E-state index in [1.165, 1.54) is 0 Å². The Balaban J connectivity index is 2.71. The summed E-state index contributed by atoms with van der Waals surface area (Å²) < 4.78 is 5.60. The normalized spacial score (nSPS) is 9.64. The minimum atomic E-state index is -0.540. The van der Waals surface area contributed by atoms with Crippen LogP contribution in [-0.4, -0.2) is 12.2 Å². The number of nitrogens with one attached hydrogen (secondary N) is 1. The van der Waals surface area contributed by atoms with Crippen LogP contribution < -0.4 is 5.32 Å². The second-order valence-electron chi connectivity index (χ2n) is 2.68. The summed E-state index contributed by atoms with van der Waals surface area (Å²) in [7, 11) is 0. The summed E-state index contributed by atoms with van der Waals surface area (Å²) in [4.78, 5) is 11.0. The van der Waals surface area contributed by atoms with Gasteiger partial charge < -0.3 is 4.74 Å². The molecule has 0 saturated carbocycles. The van der Waals surface area contributed by atoms with E-state index in [0.717, 1.165) is 9.13 Å². The van der Waals surface area contributed by atoms with Gasteiger partial charge in [0.2, 0.25) is 0 Å². The van der Waals surface area contributed by atoms with Crippen LogP contribution in [-0.2, 0) is 4.74 Å². The first-order chi connectivity index (χ1) is 6.61. The number of alkyl halides is 1. The number of benzene rings is 1. The zero-order valence-corrected chi connectivity index (χ0v) is 10.4. The highest BCUT2D eigenvalue weighted by Crippen LogP contribution is 2.16. The molecule has 0 aliphatic carbocycles. The Hall–Kier alpha value is -0.490. The summed E-state index contributed by atoms with van der Waals surface area (Å²) in [5.74, 6) is 0. The lowest BCUT2D eigenvalue weighted by Gasteiger charge is -2.05. The number of hydrogen-bond acceptors (Lipinski definition) is 2. The van der Waals surface area contributed by atoms with Gasteiger partial charge in [0.05, 0.1) is 0 Å². The molecule has 1 aromatic carbocycles. The van der Waals surface area contributed by atoms with Crippen molar-refractivity contribution >= 4 is 46.0 Å². The number of anilines is 1. The van der Waals surface area contributed by atoms with Gasteiger partial charge in [0.1, 0.15) is 0 Å². The molecular formula is C9H9ClINO2. The number of aryl methyl sites for hydroxylation is 1. The quantitative estimate of drug-likeness (QED) is 0.669. The molecule has 1 rings (SSSR count). The lowest BCUT2D eigenvalue weighted by atomic mass is 10.2. The molecule has 0 radical (unpaired) electrons. The van der Waals surface area contributed by atoms with Crippen LogP contribution in [0, 0.1) is 10.5 Å². The van der Waals surface area contributed by atoms with Gasteiger partial charge >= 0.3 is 6.09 Å². The summed E-state index contributed by atoms with van der Waals surface area (Å²) in [5.41, 5.74) is 1.79. The second kappa shape index (κ2) is 5.41. The summed E-state index contributed by atoms with van der Waals surface area (Å²) in [6.07, 6.45) is -0.540. The van der Waals surface area contributed by atoms with Gasteiger partial charge in [-0.3, -0.25) is 5.32 Å². The van der Waals surface area contributed by atoms with Crippen molar-refractivity contribution in [3.63, 3.8) is 0 Å². The molecule has 0 aromatic heterocycles. The molecule has 5 heteroatoms. The molecule has 76 valence electrons. The molecule has 1 N–H and O–H groups in total. The Morgan fingerprint density at radius 2 is 2.29 bits per heavy atom. The topological polar surface area (TPSA) is 38.3 Å². The molecule has 3 nitrogen and oxygen atoms in total. The van der Waals surface area contributed by atoms with E-state index in [1.807, 2.05) is 25.1 Å². The van der Waals surface area contributed by atoms with E-state index in [9.17, 15) is 4.79 Å². The summed E-state index contributed by atoms with van der Waals surface area (Å²) in [5, 5.41) is 2.57. The zero-order chi connectivity index (χ0) is 10.6. The molecule has 1 aromatic rings. The standard InChI is InChI=1S/C9H9ClINO2/c1-6-2-7(11)4-8(3-6)12-9(13)14-5-10/h2-4H,5H2,1H3,(H,12,13). The van der Waals surface area contributed by atoms with E-state index >= 15 is 0 Å². The molecule has 0 aliphatic rings. The maximum atomic E-state index is 11.0. The van der Waals surface area contributed by atoms with Crippen LogP contribution in [0.15, 0.2) is 18.2 Å². The SMILES string of the molecule is Cc1cc(I)cc(NC(=O)OCCl)c1. The molecule has 0 aliphatic heterocycles. The third kappa shape index (κ3) is 3.71. The van der Waals surface area contributed by atoms with Crippen molar-refractivity contribution in [3.05, 3.63) is 27.3 Å². The van der Waals surface area contributed by atoms with Crippen molar-refractivity contribution in [2.75, 3.05) is 11.4 Å². The van der Waals surface area contributed by atoms with Crippen LogP contribution in [0.4, 0.5) is 10.5 Å². The van der Waals surface area contributed by atoms with Crippen molar-refractivity contribution in [2.45, 2.75) is 6.92 Å². The highest BCUT2D eigenvalue weighted by molar-refractivity contribution is 14.1. The van der Waals surface area contributed by atoms with Crippen LogP contribution in [0.2, 0.25) is 0 Å². The van der Waals surface area contributed by atoms with Crippen LogP contribution in [0.25, 0.3) is 0 Å². The lowest BCUT2D eigenvalue weighted by molar-refractivity contribution is 0.180. The zero-order valence-electron chi connectivity index (χ0n) is 7.51. The van der Waals surface area contributed by atoms with E-state index in [2.05, 4.69) is 32.6 Å². The smallest absolute Gasteiger partial charge is 0.412 e. The minimum Gasteiger partial charge on any atom is -0.433 e. The second-order valence-corrected chi connectivity index (χ2v) is 4.15. The molecule has 0 fully saturated rings. The third-order valence-corrected chi connectivity index (χ3v) is 2.21. The van der Waals surface area contributed by atoms with Crippen LogP contribution >= 0.6 is 34.2 Å². The fourth-order valence-corrected chi connectivity index (χ4v) is 1.94. The molecule has 0 heterocycles. The first-order valence-corrected chi connectivity index (χ1v) is 5.50. The van der Waals surface area contributed by atoms with E-state index in [1.54, 1.807) is 0 Å². The Kier molecular flexibility index (Phi) is 4.47. The monoisotopic (exact) mass is 325 g/mol. The lowest BCUT2D eigenvalue weighted by Crippen LogP contribution is -2.12. The molecule has 0 spiro atoms. The van der Waals surface area contributed by atoms with Crippen LogP contribution in [0.3, 0.4) is 0 Å². The third-order valence-electron chi connectivity index (χ3n) is 1.47. The van der Waals surface area contributed by atoms with Gasteiger partial charge in [0.15, 0.2) is 6.07 Å². The van der Waals surface area contributed by atoms with Gasteiger partial charge in [-0.05, 0) is 53.3 Å². The van der Waals surface area contributed by atoms with Crippen molar-refractivity contribution < 1.29 is 9.53 Å². The maximum absolute atomic E-state index is 11.0. The van der Waals surface area contributed by atoms with Gasteiger partial charge in [-0.1, -0.05) is 11.6 Å². The molecule has 0 unspecified atom stereocenters. The largest absolute Gasteiger partial charge is 0.433 e. The summed E-state index contributed by atoms with van der Waals surface area (Å²) in [6.45, 7) is 1.96. The van der Waals surface area contributed by atoms with Crippen molar-refractivity contribution in [3.8, 4) is 0 Å². The van der Waals surface area contributed by atoms with Crippen molar-refractivity contribution in [1.82, 2.24) is 0 Å². The number of ether oxygens (including phenoxy) is 1. The summed E-state index contributed by atoms with van der Waals surface area (Å²) >= 11 is 7.42. The molecule has 0 atom stereocenters. The average molecular weight is 326 g/mol. The van der Waals surface area contributed by atoms with Gasteiger partial charge in [-0.2, -0.15) is 0 Å². The number of hydrogen-bond donors (Lipinski definition) is 1. The molecule has 14 heavy (non-hydrogen) atoms. The number of rotatable bonds is 2. The Bertz CT molecular complexity index is 323. The number of carbonyl (C=O) groups is 1. The van der Waals surface area contributed by atoms with E-state index in [-0.39, 0.29) is 6.07 Å². The predicted octanol–water partition coefficient (Wildman–Crippen LogP) is 3.34. The fraction of sp³-hybridized carbons (Fsp3) is 0.222. The Labute approximate surface area is 101 Å². The predicted molar refractivity (Wildman–Crippen MR) is 64.7 cm³/mol. The van der Waals surface area contributed by atoms with Crippen molar-refractivity contribution in [2.24, 2.45) is 0 Å². The van der Waals surface area contributed by atoms with Gasteiger partial charge in [0.25, 0.3) is 0 Å². The van der Waals surface area contributed by atoms with Gasteiger partial charge in [-0.15, -0.1) is 0 Å². The van der Waals surface area contributed by atoms with Crippen LogP contribution in [0.1, 0.15) is 5.56 Å². The molecular weight excluding hydrogens is 316 g/mol. The summed E-state index contributed by atoms with van der Waals surface area (Å²) in [6, 6.07) is 5.58. The molecule has 0 saturated heterocycles. The maximum Gasteiger partial charge on any atom is 0.412 e. The fourth-order valence-electron chi connectivity index (χ4n) is 1.01.